The van der Waals surface area contributed by atoms with Gasteiger partial charge in [-0.05, 0) is 24.6 Å². The number of amides is 1. The van der Waals surface area contributed by atoms with Crippen LogP contribution in [0.2, 0.25) is 5.02 Å². The third-order valence-corrected chi connectivity index (χ3v) is 4.23. The Morgan fingerprint density at radius 3 is 2.56 bits per heavy atom. The van der Waals surface area contributed by atoms with Crippen molar-refractivity contribution in [2.75, 3.05) is 6.54 Å². The van der Waals surface area contributed by atoms with Crippen molar-refractivity contribution in [2.45, 2.75) is 19.8 Å². The quantitative estimate of drug-likeness (QED) is 0.651. The Kier molecular flexibility index (Phi) is 5.51. The molecule has 0 saturated carbocycles. The van der Waals surface area contributed by atoms with Gasteiger partial charge in [0.1, 0.15) is 5.69 Å². The fraction of sp³-hybridized carbons (Fsp3) is 0.200. The van der Waals surface area contributed by atoms with Crippen LogP contribution in [0.5, 0.6) is 0 Å². The van der Waals surface area contributed by atoms with E-state index in [4.69, 9.17) is 11.6 Å². The molecule has 1 amide bonds. The molecule has 1 heterocycles. The number of halogens is 1. The molecule has 4 nitrogen and oxygen atoms in total. The Morgan fingerprint density at radius 1 is 1.12 bits per heavy atom. The van der Waals surface area contributed by atoms with E-state index in [0.29, 0.717) is 22.9 Å². The molecular weight excluding hydrogens is 334 g/mol. The standard InChI is InChI=1S/C20H20ClN3O/c1-2-3-13-22-20(25)19-14-17(15-9-5-4-6-10-15)23-24(19)18-12-8-7-11-16(18)21/h4-12,14H,2-3,13H2,1H3,(H,22,25). The number of hydrogen-bond acceptors (Lipinski definition) is 2. The first-order valence-corrected chi connectivity index (χ1v) is 8.77. The summed E-state index contributed by atoms with van der Waals surface area (Å²) in [6.07, 6.45) is 1.97. The van der Waals surface area contributed by atoms with Gasteiger partial charge in [-0.2, -0.15) is 5.10 Å². The lowest BCUT2D eigenvalue weighted by Gasteiger charge is -2.09. The molecule has 3 aromatic rings. The van der Waals surface area contributed by atoms with Crippen molar-refractivity contribution in [3.8, 4) is 16.9 Å². The molecule has 0 radical (unpaired) electrons. The van der Waals surface area contributed by atoms with E-state index in [0.717, 1.165) is 24.1 Å². The van der Waals surface area contributed by atoms with Crippen LogP contribution in [-0.2, 0) is 0 Å². The van der Waals surface area contributed by atoms with E-state index in [2.05, 4.69) is 17.3 Å². The molecule has 3 rings (SSSR count). The average Bonchev–Trinajstić information content (AvgIpc) is 3.08. The van der Waals surface area contributed by atoms with Crippen LogP contribution in [0.15, 0.2) is 60.7 Å². The molecule has 128 valence electrons. The molecule has 1 N–H and O–H groups in total. The number of para-hydroxylation sites is 1. The van der Waals surface area contributed by atoms with Crippen LogP contribution in [0.1, 0.15) is 30.3 Å². The van der Waals surface area contributed by atoms with Crippen molar-refractivity contribution in [3.05, 3.63) is 71.4 Å². The molecule has 0 unspecified atom stereocenters. The molecule has 0 atom stereocenters. The number of benzene rings is 2. The largest absolute Gasteiger partial charge is 0.351 e. The van der Waals surface area contributed by atoms with Crippen LogP contribution in [0, 0.1) is 0 Å². The third kappa shape index (κ3) is 3.91. The van der Waals surface area contributed by atoms with Gasteiger partial charge < -0.3 is 5.32 Å². The summed E-state index contributed by atoms with van der Waals surface area (Å²) in [5.41, 5.74) is 2.85. The highest BCUT2D eigenvalue weighted by Gasteiger charge is 2.18. The number of carbonyl (C=O) groups excluding carboxylic acids is 1. The number of nitrogens with zero attached hydrogens (tertiary/aromatic N) is 2. The van der Waals surface area contributed by atoms with E-state index >= 15 is 0 Å². The highest BCUT2D eigenvalue weighted by molar-refractivity contribution is 6.32. The molecule has 0 fully saturated rings. The van der Waals surface area contributed by atoms with Gasteiger partial charge in [0.05, 0.1) is 16.4 Å². The van der Waals surface area contributed by atoms with Crippen LogP contribution in [0.4, 0.5) is 0 Å². The molecule has 1 aromatic heterocycles. The minimum atomic E-state index is -0.150. The van der Waals surface area contributed by atoms with E-state index in [1.165, 1.54) is 0 Å². The summed E-state index contributed by atoms with van der Waals surface area (Å²) < 4.78 is 1.62. The van der Waals surface area contributed by atoms with Gasteiger partial charge in [-0.1, -0.05) is 67.4 Å². The Hall–Kier alpha value is -2.59. The summed E-state index contributed by atoms with van der Waals surface area (Å²) in [5, 5.41) is 8.13. The second kappa shape index (κ2) is 7.99. The van der Waals surface area contributed by atoms with E-state index in [1.807, 2.05) is 48.5 Å². The predicted molar refractivity (Wildman–Crippen MR) is 101 cm³/mol. The van der Waals surface area contributed by atoms with Crippen LogP contribution >= 0.6 is 11.6 Å². The van der Waals surface area contributed by atoms with Gasteiger partial charge >= 0.3 is 0 Å². The smallest absolute Gasteiger partial charge is 0.270 e. The zero-order chi connectivity index (χ0) is 17.6. The maximum atomic E-state index is 12.7. The summed E-state index contributed by atoms with van der Waals surface area (Å²) >= 11 is 6.32. The lowest BCUT2D eigenvalue weighted by molar-refractivity contribution is 0.0945. The molecule has 0 bridgehead atoms. The molecule has 0 saturated heterocycles. The number of aromatic nitrogens is 2. The average molecular weight is 354 g/mol. The first kappa shape index (κ1) is 17.2. The van der Waals surface area contributed by atoms with Crippen LogP contribution in [-0.4, -0.2) is 22.2 Å². The second-order valence-electron chi connectivity index (χ2n) is 5.75. The van der Waals surface area contributed by atoms with Gasteiger partial charge in [0.2, 0.25) is 0 Å². The van der Waals surface area contributed by atoms with Gasteiger partial charge in [-0.15, -0.1) is 0 Å². The molecule has 0 aliphatic heterocycles. The zero-order valence-electron chi connectivity index (χ0n) is 14.1. The van der Waals surface area contributed by atoms with Gasteiger partial charge in [0.15, 0.2) is 0 Å². The van der Waals surface area contributed by atoms with Gasteiger partial charge in [-0.3, -0.25) is 4.79 Å². The van der Waals surface area contributed by atoms with Gasteiger partial charge in [0.25, 0.3) is 5.91 Å². The molecule has 0 aliphatic carbocycles. The zero-order valence-corrected chi connectivity index (χ0v) is 14.8. The fourth-order valence-electron chi connectivity index (χ4n) is 2.57. The van der Waals surface area contributed by atoms with E-state index in [1.54, 1.807) is 16.8 Å². The molecular formula is C20H20ClN3O. The fourth-order valence-corrected chi connectivity index (χ4v) is 2.79. The molecule has 0 spiro atoms. The highest BCUT2D eigenvalue weighted by atomic mass is 35.5. The van der Waals surface area contributed by atoms with Crippen LogP contribution in [0.3, 0.4) is 0 Å². The van der Waals surface area contributed by atoms with Crippen molar-refractivity contribution in [3.63, 3.8) is 0 Å². The van der Waals surface area contributed by atoms with Crippen molar-refractivity contribution in [2.24, 2.45) is 0 Å². The van der Waals surface area contributed by atoms with Crippen molar-refractivity contribution < 1.29 is 4.79 Å². The minimum Gasteiger partial charge on any atom is -0.351 e. The molecule has 5 heteroatoms. The lowest BCUT2D eigenvalue weighted by Crippen LogP contribution is -2.26. The highest BCUT2D eigenvalue weighted by Crippen LogP contribution is 2.25. The number of carbonyl (C=O) groups is 1. The molecule has 0 aliphatic rings. The first-order valence-electron chi connectivity index (χ1n) is 8.39. The number of unbranched alkanes of at least 4 members (excludes halogenated alkanes) is 1. The SMILES string of the molecule is CCCCNC(=O)c1cc(-c2ccccc2)nn1-c1ccccc1Cl. The van der Waals surface area contributed by atoms with Crippen LogP contribution < -0.4 is 5.32 Å². The number of rotatable bonds is 6. The van der Waals surface area contributed by atoms with Gasteiger partial charge in [-0.25, -0.2) is 4.68 Å². The maximum Gasteiger partial charge on any atom is 0.270 e. The summed E-state index contributed by atoms with van der Waals surface area (Å²) in [7, 11) is 0. The Balaban J connectivity index is 2.04. The summed E-state index contributed by atoms with van der Waals surface area (Å²) in [4.78, 5) is 12.7. The van der Waals surface area contributed by atoms with Crippen molar-refractivity contribution in [1.82, 2.24) is 15.1 Å². The second-order valence-corrected chi connectivity index (χ2v) is 6.16. The monoisotopic (exact) mass is 353 g/mol. The van der Waals surface area contributed by atoms with E-state index in [9.17, 15) is 4.79 Å². The third-order valence-electron chi connectivity index (χ3n) is 3.91. The predicted octanol–water partition coefficient (Wildman–Crippen LogP) is 4.72. The van der Waals surface area contributed by atoms with E-state index < -0.39 is 0 Å². The topological polar surface area (TPSA) is 46.9 Å². The maximum absolute atomic E-state index is 12.7. The van der Waals surface area contributed by atoms with E-state index in [-0.39, 0.29) is 5.91 Å². The summed E-state index contributed by atoms with van der Waals surface area (Å²) in [6, 6.07) is 19.0. The Labute approximate surface area is 152 Å². The Bertz CT molecular complexity index is 858. The molecule has 2 aromatic carbocycles. The van der Waals surface area contributed by atoms with Crippen molar-refractivity contribution >= 4 is 17.5 Å². The van der Waals surface area contributed by atoms with Crippen molar-refractivity contribution in [1.29, 1.82) is 0 Å². The number of hydrogen-bond donors (Lipinski definition) is 1. The molecule has 25 heavy (non-hydrogen) atoms. The summed E-state index contributed by atoms with van der Waals surface area (Å²) in [6.45, 7) is 2.73. The normalized spacial score (nSPS) is 10.6. The summed E-state index contributed by atoms with van der Waals surface area (Å²) in [5.74, 6) is -0.150. The van der Waals surface area contributed by atoms with Gasteiger partial charge in [0, 0.05) is 12.1 Å². The minimum absolute atomic E-state index is 0.150. The van der Waals surface area contributed by atoms with Crippen LogP contribution in [0.25, 0.3) is 16.9 Å². The first-order chi connectivity index (χ1) is 12.2. The lowest BCUT2D eigenvalue weighted by atomic mass is 10.1. The Morgan fingerprint density at radius 2 is 1.84 bits per heavy atom. The number of nitrogens with one attached hydrogen (secondary N) is 1.